The van der Waals surface area contributed by atoms with Crippen LogP contribution in [0.25, 0.3) is 0 Å². The van der Waals surface area contributed by atoms with Crippen molar-refractivity contribution < 1.29 is 14.4 Å². The molecule has 13 nitrogen and oxygen atoms in total. The van der Waals surface area contributed by atoms with Crippen molar-refractivity contribution in [2.75, 3.05) is 31.5 Å². The van der Waals surface area contributed by atoms with E-state index in [2.05, 4.69) is 54.4 Å². The van der Waals surface area contributed by atoms with Crippen LogP contribution in [0.2, 0.25) is 5.02 Å². The smallest absolute Gasteiger partial charge is 0.255 e. The Kier molecular flexibility index (Phi) is 10.8. The molecular weight excluding hydrogens is 748 g/mol. The number of imide groups is 1. The summed E-state index contributed by atoms with van der Waals surface area (Å²) in [6.45, 7) is 8.33. The van der Waals surface area contributed by atoms with Crippen molar-refractivity contribution in [1.29, 1.82) is 5.41 Å². The maximum absolute atomic E-state index is 13.3. The molecule has 3 atom stereocenters. The summed E-state index contributed by atoms with van der Waals surface area (Å²) in [4.78, 5) is 47.4. The monoisotopic (exact) mass is 790 g/mol. The van der Waals surface area contributed by atoms with E-state index in [1.165, 1.54) is 6.21 Å². The van der Waals surface area contributed by atoms with Crippen molar-refractivity contribution in [3.05, 3.63) is 98.1 Å². The topological polar surface area (TPSA) is 161 Å². The number of thioether (sulfide) groups is 1. The summed E-state index contributed by atoms with van der Waals surface area (Å²) in [6.07, 6.45) is 5.59. The van der Waals surface area contributed by atoms with E-state index in [1.54, 1.807) is 16.7 Å². The zero-order valence-electron chi connectivity index (χ0n) is 31.3. The Hall–Kier alpha value is -5.23. The first-order chi connectivity index (χ1) is 27.2. The number of halogens is 1. The van der Waals surface area contributed by atoms with Crippen molar-refractivity contribution >= 4 is 58.7 Å². The predicted molar refractivity (Wildman–Crippen MR) is 217 cm³/mol. The number of anilines is 1. The number of likely N-dealkylation sites (tertiary alicyclic amines) is 1. The van der Waals surface area contributed by atoms with E-state index in [4.69, 9.17) is 22.0 Å². The first-order valence-corrected chi connectivity index (χ1v) is 20.2. The van der Waals surface area contributed by atoms with Crippen LogP contribution in [0.3, 0.4) is 0 Å². The molecule has 0 bridgehead atoms. The molecule has 8 rings (SSSR count). The van der Waals surface area contributed by atoms with Crippen LogP contribution in [0.4, 0.5) is 5.69 Å². The molecule has 288 valence electrons. The second kappa shape index (κ2) is 16.1. The molecule has 56 heavy (non-hydrogen) atoms. The number of nitrogens with one attached hydrogen (secondary N) is 4. The van der Waals surface area contributed by atoms with E-state index in [1.807, 2.05) is 55.6 Å². The lowest BCUT2D eigenvalue weighted by Gasteiger charge is -2.33. The standard InChI is InChI=1S/C41H43ClN10O3S/c1-24-34(56-41-37(24)38(27-7-9-28(42)10-8-27)45-22-35-49-48-25(2)52(35)41)12-6-26(20-43)21-44-16-19-50-17-14-29(15-18-50)46-32-5-3-4-30-31(32)23-51(40(30)55)33-11-13-36(53)47-39(33)54/h3-5,7-10,20-21,29,33,37,41,43-44,46H,11,13-19,22-23H2,1-2H3,(H,47,53,54)/b26-21-,43-20?. The zero-order chi connectivity index (χ0) is 38.9. The number of fused-ring (bicyclic) bond motifs is 4. The molecular formula is C41H43ClN10O3S. The van der Waals surface area contributed by atoms with E-state index >= 15 is 0 Å². The molecule has 3 aromatic rings. The highest BCUT2D eigenvalue weighted by atomic mass is 35.5. The van der Waals surface area contributed by atoms with Gasteiger partial charge in [0, 0.05) is 79.4 Å². The lowest BCUT2D eigenvalue weighted by atomic mass is 9.89. The Morgan fingerprint density at radius 3 is 2.66 bits per heavy atom. The van der Waals surface area contributed by atoms with Gasteiger partial charge in [0.1, 0.15) is 11.9 Å². The fourth-order valence-electron chi connectivity index (χ4n) is 8.19. The van der Waals surface area contributed by atoms with Crippen LogP contribution < -0.4 is 16.0 Å². The minimum atomic E-state index is -0.629. The number of carbonyl (C=O) groups excluding carboxylic acids is 3. The molecule has 2 saturated heterocycles. The van der Waals surface area contributed by atoms with E-state index in [0.29, 0.717) is 35.7 Å². The molecule has 2 aromatic carbocycles. The second-order valence-corrected chi connectivity index (χ2v) is 16.2. The minimum absolute atomic E-state index is 0.0145. The summed E-state index contributed by atoms with van der Waals surface area (Å²) in [5.74, 6) is 7.41. The number of benzene rings is 2. The van der Waals surface area contributed by atoms with Crippen molar-refractivity contribution in [3.63, 3.8) is 0 Å². The predicted octanol–water partition coefficient (Wildman–Crippen LogP) is 4.84. The van der Waals surface area contributed by atoms with E-state index in [0.717, 1.165) is 83.7 Å². The number of rotatable bonds is 9. The van der Waals surface area contributed by atoms with Gasteiger partial charge in [-0.3, -0.25) is 29.3 Å². The van der Waals surface area contributed by atoms with Gasteiger partial charge in [-0.2, -0.15) is 0 Å². The number of aromatic nitrogens is 3. The Bertz CT molecular complexity index is 2250. The number of carbonyl (C=O) groups is 3. The Balaban J connectivity index is 0.851. The van der Waals surface area contributed by atoms with Crippen LogP contribution in [0.1, 0.15) is 71.1 Å². The highest BCUT2D eigenvalue weighted by molar-refractivity contribution is 8.03. The molecule has 6 heterocycles. The fourth-order valence-corrected chi connectivity index (χ4v) is 9.83. The molecule has 2 fully saturated rings. The quantitative estimate of drug-likeness (QED) is 0.103. The SMILES string of the molecule is CC1=C(C#C/C(C=N)=C/NCCN2CCC(Nc3cccc4c3CN(C3CCC(=O)NC3=O)C4=O)CC2)SC2C1C(c1ccc(Cl)cc1)=NCc1nnc(C)n12. The number of amides is 3. The summed E-state index contributed by atoms with van der Waals surface area (Å²) >= 11 is 7.91. The molecule has 15 heteroatoms. The number of hydrogen-bond donors (Lipinski definition) is 4. The number of nitrogens with zero attached hydrogens (tertiary/aromatic N) is 6. The summed E-state index contributed by atoms with van der Waals surface area (Å²) in [7, 11) is 0. The van der Waals surface area contributed by atoms with Crippen LogP contribution >= 0.6 is 23.4 Å². The summed E-state index contributed by atoms with van der Waals surface area (Å²) in [6, 6.07) is 13.2. The van der Waals surface area contributed by atoms with E-state index in [-0.39, 0.29) is 35.6 Å². The Morgan fingerprint density at radius 1 is 1.09 bits per heavy atom. The maximum atomic E-state index is 13.3. The maximum Gasteiger partial charge on any atom is 0.255 e. The normalized spacial score (nSPS) is 22.7. The number of hydrogen-bond acceptors (Lipinski definition) is 11. The van der Waals surface area contributed by atoms with Crippen LogP contribution in [0.5, 0.6) is 0 Å². The third-order valence-corrected chi connectivity index (χ3v) is 12.8. The molecule has 0 aliphatic carbocycles. The number of allylic oxidation sites excluding steroid dienone is 3. The molecule has 5 aliphatic heterocycles. The van der Waals surface area contributed by atoms with Crippen molar-refractivity contribution in [1.82, 2.24) is 35.2 Å². The number of piperidine rings is 2. The van der Waals surface area contributed by atoms with Crippen LogP contribution in [0, 0.1) is 30.1 Å². The van der Waals surface area contributed by atoms with Gasteiger partial charge in [-0.25, -0.2) is 0 Å². The van der Waals surface area contributed by atoms with Crippen LogP contribution in [-0.4, -0.2) is 92.5 Å². The third kappa shape index (κ3) is 7.51. The van der Waals surface area contributed by atoms with Gasteiger partial charge in [0.15, 0.2) is 5.82 Å². The van der Waals surface area contributed by atoms with Crippen LogP contribution in [-0.2, 0) is 22.7 Å². The minimum Gasteiger partial charge on any atom is -0.389 e. The molecule has 5 aliphatic rings. The average molecular weight is 791 g/mol. The first-order valence-electron chi connectivity index (χ1n) is 19.0. The summed E-state index contributed by atoms with van der Waals surface area (Å²) in [5.41, 5.74) is 6.20. The number of aryl methyl sites for hydroxylation is 1. The number of aliphatic imine (C=N–C) groups is 1. The van der Waals surface area contributed by atoms with Gasteiger partial charge in [-0.05, 0) is 68.5 Å². The lowest BCUT2D eigenvalue weighted by Crippen LogP contribution is -2.52. The van der Waals surface area contributed by atoms with E-state index in [9.17, 15) is 14.4 Å². The molecule has 0 saturated carbocycles. The molecule has 1 aromatic heterocycles. The van der Waals surface area contributed by atoms with Crippen molar-refractivity contribution in [2.45, 2.75) is 70.1 Å². The molecule has 3 amide bonds. The van der Waals surface area contributed by atoms with Gasteiger partial charge in [0.2, 0.25) is 11.8 Å². The van der Waals surface area contributed by atoms with Crippen molar-refractivity contribution in [2.24, 2.45) is 10.9 Å². The molecule has 3 unspecified atom stereocenters. The molecule has 0 spiro atoms. The van der Waals surface area contributed by atoms with E-state index < -0.39 is 11.9 Å². The second-order valence-electron chi connectivity index (χ2n) is 14.7. The van der Waals surface area contributed by atoms with Gasteiger partial charge in [0.05, 0.1) is 34.0 Å². The Morgan fingerprint density at radius 2 is 1.89 bits per heavy atom. The van der Waals surface area contributed by atoms with Gasteiger partial charge in [0.25, 0.3) is 5.91 Å². The van der Waals surface area contributed by atoms with Crippen LogP contribution in [0.15, 0.2) is 69.7 Å². The largest absolute Gasteiger partial charge is 0.389 e. The summed E-state index contributed by atoms with van der Waals surface area (Å²) in [5, 5.41) is 26.9. The Labute approximate surface area is 334 Å². The highest BCUT2D eigenvalue weighted by Crippen LogP contribution is 2.51. The first kappa shape index (κ1) is 37.7. The van der Waals surface area contributed by atoms with Crippen molar-refractivity contribution in [3.8, 4) is 11.8 Å². The van der Waals surface area contributed by atoms with Gasteiger partial charge >= 0.3 is 0 Å². The average Bonchev–Trinajstić information content (AvgIpc) is 3.80. The zero-order valence-corrected chi connectivity index (χ0v) is 32.8. The lowest BCUT2D eigenvalue weighted by molar-refractivity contribution is -0.136. The van der Waals surface area contributed by atoms with Gasteiger partial charge in [-0.1, -0.05) is 53.4 Å². The fraction of sp³-hybridized carbons (Fsp3) is 0.390. The molecule has 0 radical (unpaired) electrons. The third-order valence-electron chi connectivity index (χ3n) is 11.2. The highest BCUT2D eigenvalue weighted by Gasteiger charge is 2.42. The summed E-state index contributed by atoms with van der Waals surface area (Å²) < 4.78 is 2.18. The van der Waals surface area contributed by atoms with Gasteiger partial charge in [-0.15, -0.1) is 10.2 Å². The van der Waals surface area contributed by atoms with Gasteiger partial charge < -0.3 is 25.8 Å². The molecule has 4 N–H and O–H groups in total.